The Hall–Kier alpha value is -2.03. The Morgan fingerprint density at radius 3 is 1.06 bits per heavy atom. The van der Waals surface area contributed by atoms with E-state index in [1.807, 2.05) is 33.3 Å². The number of hydrogen-bond donors (Lipinski definition) is 1. The van der Waals surface area contributed by atoms with E-state index < -0.39 is 20.0 Å². The summed E-state index contributed by atoms with van der Waals surface area (Å²) in [7, 11) is 1.20. The van der Waals surface area contributed by atoms with Crippen LogP contribution >= 0.6 is 7.82 Å². The number of carbonyl (C=O) groups excluding carboxylic acids is 2. The summed E-state index contributed by atoms with van der Waals surface area (Å²) in [5.41, 5.74) is 0. The number of carbonyl (C=O) groups is 2. The SMILES string of the molecule is CCCCC/C=C\C/C=C\C/C=C\CCCCCCCCCCCCCCCCC(=O)OC(/C=C/CCCCCCCCCCCC)C(COP(=O)([O-])OCC[N+](C)(C)C)NC(=O)CCCCCCCCCCCCCCCCCCCCCCCCC. The zero-order chi connectivity index (χ0) is 64.2. The molecule has 0 radical (unpaired) electrons. The molecule has 10 heteroatoms. The molecular formula is C78H149N2O7P. The van der Waals surface area contributed by atoms with Crippen molar-refractivity contribution in [3.63, 3.8) is 0 Å². The number of allylic oxidation sites excluding steroid dienone is 7. The van der Waals surface area contributed by atoms with Gasteiger partial charge in [-0.05, 0) is 70.3 Å². The average molecular weight is 1260 g/mol. The van der Waals surface area contributed by atoms with Gasteiger partial charge in [-0.15, -0.1) is 0 Å². The Balaban J connectivity index is 4.94. The van der Waals surface area contributed by atoms with E-state index in [1.54, 1.807) is 0 Å². The summed E-state index contributed by atoms with van der Waals surface area (Å²) in [6.45, 7) is 6.88. The van der Waals surface area contributed by atoms with Gasteiger partial charge in [0.25, 0.3) is 7.82 Å². The molecule has 0 spiro atoms. The van der Waals surface area contributed by atoms with Crippen molar-refractivity contribution >= 4 is 19.7 Å². The molecule has 88 heavy (non-hydrogen) atoms. The first-order chi connectivity index (χ1) is 42.9. The summed E-state index contributed by atoms with van der Waals surface area (Å²) >= 11 is 0. The maximum Gasteiger partial charge on any atom is 0.306 e. The fraction of sp³-hybridized carbons (Fsp3) is 0.872. The summed E-state index contributed by atoms with van der Waals surface area (Å²) in [5.74, 6) is -0.520. The molecule has 1 N–H and O–H groups in total. The van der Waals surface area contributed by atoms with Gasteiger partial charge in [0.15, 0.2) is 0 Å². The Morgan fingerprint density at radius 1 is 0.398 bits per heavy atom. The maximum atomic E-state index is 13.6. The maximum absolute atomic E-state index is 13.6. The molecule has 0 aliphatic heterocycles. The highest BCUT2D eigenvalue weighted by atomic mass is 31.2. The van der Waals surface area contributed by atoms with Gasteiger partial charge < -0.3 is 28.5 Å². The van der Waals surface area contributed by atoms with E-state index in [-0.39, 0.29) is 31.5 Å². The lowest BCUT2D eigenvalue weighted by Crippen LogP contribution is -2.47. The molecule has 0 heterocycles. The van der Waals surface area contributed by atoms with Crippen LogP contribution in [0.5, 0.6) is 0 Å². The van der Waals surface area contributed by atoms with Gasteiger partial charge in [0.1, 0.15) is 19.3 Å². The molecule has 0 aromatic carbocycles. The summed E-state index contributed by atoms with van der Waals surface area (Å²) in [6, 6.07) is -0.887. The Kier molecular flexibility index (Phi) is 66.3. The van der Waals surface area contributed by atoms with Crippen LogP contribution in [0.25, 0.3) is 0 Å². The number of rotatable bonds is 71. The molecule has 0 aliphatic rings. The molecule has 0 saturated carbocycles. The number of esters is 1. The van der Waals surface area contributed by atoms with Crippen LogP contribution < -0.4 is 10.2 Å². The molecule has 3 atom stereocenters. The van der Waals surface area contributed by atoms with Crippen molar-refractivity contribution < 1.29 is 37.3 Å². The predicted molar refractivity (Wildman–Crippen MR) is 381 cm³/mol. The highest BCUT2D eigenvalue weighted by molar-refractivity contribution is 7.45. The molecule has 9 nitrogen and oxygen atoms in total. The van der Waals surface area contributed by atoms with E-state index in [2.05, 4.69) is 62.5 Å². The fourth-order valence-electron chi connectivity index (χ4n) is 11.6. The van der Waals surface area contributed by atoms with E-state index in [1.165, 1.54) is 283 Å². The lowest BCUT2D eigenvalue weighted by molar-refractivity contribution is -0.870. The van der Waals surface area contributed by atoms with Crippen molar-refractivity contribution in [3.8, 4) is 0 Å². The van der Waals surface area contributed by atoms with Gasteiger partial charge in [-0.25, -0.2) is 0 Å². The standard InChI is InChI=1S/C78H149N2O7P/c1-7-10-13-16-19-22-25-28-30-32-34-36-38-39-40-41-43-45-47-49-51-53-56-59-62-65-68-71-78(82)87-76(69-66-63-60-57-54-27-24-21-18-15-12-9-3)75(74-86-88(83,84)85-73-72-80(4,5)6)79-77(81)70-67-64-61-58-55-52-50-48-46-44-42-37-35-33-31-29-26-23-20-17-14-11-8-2/h19,22,28,30,34,36,66,69,75-76H,7-18,20-21,23-27,29,31-33,35,37-65,67-68,70-74H2,1-6H3,(H-,79,81,83,84)/b22-19-,30-28-,36-34-,69-66+. The van der Waals surface area contributed by atoms with Crippen LogP contribution in [0.3, 0.4) is 0 Å². The van der Waals surface area contributed by atoms with Crippen LogP contribution in [0, 0.1) is 0 Å². The minimum atomic E-state index is -4.70. The van der Waals surface area contributed by atoms with Gasteiger partial charge in [0.2, 0.25) is 5.91 Å². The minimum absolute atomic E-state index is 0.0197. The number of quaternary nitrogens is 1. The summed E-state index contributed by atoms with van der Waals surface area (Å²) in [6.07, 6.45) is 86.8. The zero-order valence-corrected chi connectivity index (χ0v) is 60.3. The molecule has 1 amide bonds. The highest BCUT2D eigenvalue weighted by Gasteiger charge is 2.27. The number of ether oxygens (including phenoxy) is 1. The van der Waals surface area contributed by atoms with E-state index >= 15 is 0 Å². The van der Waals surface area contributed by atoms with Crippen LogP contribution in [0.4, 0.5) is 0 Å². The molecule has 0 aromatic heterocycles. The third-order valence-electron chi connectivity index (χ3n) is 17.5. The second-order valence-electron chi connectivity index (χ2n) is 27.5. The minimum Gasteiger partial charge on any atom is -0.756 e. The molecule has 518 valence electrons. The molecule has 0 saturated heterocycles. The van der Waals surface area contributed by atoms with E-state index in [4.69, 9.17) is 13.8 Å². The predicted octanol–water partition coefficient (Wildman–Crippen LogP) is 24.1. The number of amides is 1. The smallest absolute Gasteiger partial charge is 0.306 e. The summed E-state index contributed by atoms with van der Waals surface area (Å²) < 4.78 is 30.5. The molecule has 0 aromatic rings. The van der Waals surface area contributed by atoms with Crippen molar-refractivity contribution in [1.82, 2.24) is 5.32 Å². The summed E-state index contributed by atoms with van der Waals surface area (Å²) in [5, 5.41) is 3.06. The van der Waals surface area contributed by atoms with Gasteiger partial charge in [-0.2, -0.15) is 0 Å². The van der Waals surface area contributed by atoms with Gasteiger partial charge in [0, 0.05) is 12.8 Å². The second kappa shape index (κ2) is 67.8. The van der Waals surface area contributed by atoms with Crippen molar-refractivity contribution in [2.24, 2.45) is 0 Å². The Bertz CT molecular complexity index is 1640. The lowest BCUT2D eigenvalue weighted by Gasteiger charge is -2.30. The third kappa shape index (κ3) is 68.3. The van der Waals surface area contributed by atoms with Crippen molar-refractivity contribution in [3.05, 3.63) is 48.6 Å². The van der Waals surface area contributed by atoms with Crippen LogP contribution in [0.15, 0.2) is 48.6 Å². The van der Waals surface area contributed by atoms with Crippen molar-refractivity contribution in [2.75, 3.05) is 40.9 Å². The van der Waals surface area contributed by atoms with Gasteiger partial charge in [-0.1, -0.05) is 352 Å². The van der Waals surface area contributed by atoms with Crippen LogP contribution in [0.1, 0.15) is 387 Å². The summed E-state index contributed by atoms with van der Waals surface area (Å²) in [4.78, 5) is 40.3. The number of phosphoric ester groups is 1. The van der Waals surface area contributed by atoms with Gasteiger partial charge in [-0.3, -0.25) is 14.2 Å². The number of nitrogens with one attached hydrogen (secondary N) is 1. The zero-order valence-electron chi connectivity index (χ0n) is 59.5. The van der Waals surface area contributed by atoms with E-state index in [0.29, 0.717) is 17.4 Å². The normalized spacial score (nSPS) is 13.7. The molecule has 0 rings (SSSR count). The number of phosphoric acid groups is 1. The van der Waals surface area contributed by atoms with E-state index in [0.717, 1.165) is 70.6 Å². The first kappa shape index (κ1) is 86.0. The first-order valence-electron chi connectivity index (χ1n) is 38.4. The monoisotopic (exact) mass is 1260 g/mol. The topological polar surface area (TPSA) is 114 Å². The largest absolute Gasteiger partial charge is 0.756 e. The fourth-order valence-corrected chi connectivity index (χ4v) is 12.3. The molecule has 3 unspecified atom stereocenters. The molecule has 0 bridgehead atoms. The van der Waals surface area contributed by atoms with Crippen LogP contribution in [-0.4, -0.2) is 69.4 Å². The molecule has 0 fully saturated rings. The quantitative estimate of drug-likeness (QED) is 0.0212. The number of likely N-dealkylation sites (N-methyl/N-ethyl adjacent to an activating group) is 1. The van der Waals surface area contributed by atoms with Crippen LogP contribution in [0.2, 0.25) is 0 Å². The van der Waals surface area contributed by atoms with Gasteiger partial charge in [0.05, 0.1) is 33.8 Å². The first-order valence-corrected chi connectivity index (χ1v) is 39.9. The van der Waals surface area contributed by atoms with Gasteiger partial charge >= 0.3 is 5.97 Å². The molecular weight excluding hydrogens is 1110 g/mol. The number of unbranched alkanes of at least 4 members (excludes halogenated alkanes) is 49. The lowest BCUT2D eigenvalue weighted by atomic mass is 10.0. The average Bonchev–Trinajstić information content (AvgIpc) is 3.61. The molecule has 0 aliphatic carbocycles. The second-order valence-corrected chi connectivity index (χ2v) is 28.9. The van der Waals surface area contributed by atoms with Crippen molar-refractivity contribution in [1.29, 1.82) is 0 Å². The van der Waals surface area contributed by atoms with E-state index in [9.17, 15) is 19.0 Å². The third-order valence-corrected chi connectivity index (χ3v) is 18.5. The van der Waals surface area contributed by atoms with Crippen LogP contribution in [-0.2, 0) is 27.9 Å². The number of hydrogen-bond acceptors (Lipinski definition) is 7. The Morgan fingerprint density at radius 2 is 0.693 bits per heavy atom. The highest BCUT2D eigenvalue weighted by Crippen LogP contribution is 2.38. The number of nitrogens with zero attached hydrogens (tertiary/aromatic N) is 1. The Labute approximate surface area is 548 Å². The van der Waals surface area contributed by atoms with Crippen molar-refractivity contribution in [2.45, 2.75) is 399 Å².